The highest BCUT2D eigenvalue weighted by molar-refractivity contribution is 4.59. The number of nitrogens with zero attached hydrogens (tertiary/aromatic N) is 4. The Hall–Kier alpha value is -0.160. The summed E-state index contributed by atoms with van der Waals surface area (Å²) >= 11 is 0. The van der Waals surface area contributed by atoms with Crippen molar-refractivity contribution in [2.24, 2.45) is 0 Å². The van der Waals surface area contributed by atoms with Gasteiger partial charge in [-0.25, -0.2) is 0 Å². The zero-order chi connectivity index (χ0) is 14.6. The van der Waals surface area contributed by atoms with Crippen LogP contribution in [0.1, 0.15) is 13.8 Å². The molecule has 0 aromatic rings. The van der Waals surface area contributed by atoms with Gasteiger partial charge in [0.2, 0.25) is 0 Å². The summed E-state index contributed by atoms with van der Waals surface area (Å²) in [6.45, 7) is 10.9. The Labute approximate surface area is 116 Å². The van der Waals surface area contributed by atoms with Crippen molar-refractivity contribution in [3.8, 4) is 0 Å². The molecule has 112 valence electrons. The predicted octanol–water partition coefficient (Wildman–Crippen LogP) is 0.999. The Morgan fingerprint density at radius 3 is 0.889 bits per heavy atom. The van der Waals surface area contributed by atoms with Gasteiger partial charge < -0.3 is 19.6 Å². The molecule has 0 aliphatic heterocycles. The molecule has 0 bridgehead atoms. The molecule has 4 heteroatoms. The fourth-order valence-corrected chi connectivity index (χ4v) is 1.31. The molecule has 0 aliphatic rings. The molecule has 0 amide bonds. The van der Waals surface area contributed by atoms with Crippen LogP contribution in [0.25, 0.3) is 0 Å². The quantitative estimate of drug-likeness (QED) is 0.613. The summed E-state index contributed by atoms with van der Waals surface area (Å²) < 4.78 is 0. The van der Waals surface area contributed by atoms with Crippen LogP contribution in [0.3, 0.4) is 0 Å². The second kappa shape index (κ2) is 13.3. The van der Waals surface area contributed by atoms with Gasteiger partial charge in [0.15, 0.2) is 0 Å². The summed E-state index contributed by atoms with van der Waals surface area (Å²) in [4.78, 5) is 9.25. The molecule has 0 aromatic heterocycles. The van der Waals surface area contributed by atoms with E-state index in [-0.39, 0.29) is 0 Å². The lowest BCUT2D eigenvalue weighted by Gasteiger charge is -2.24. The lowest BCUT2D eigenvalue weighted by atomic mass is 10.4. The van der Waals surface area contributed by atoms with Gasteiger partial charge in [0, 0.05) is 39.3 Å². The van der Waals surface area contributed by atoms with E-state index < -0.39 is 0 Å². The molecule has 0 saturated carbocycles. The summed E-state index contributed by atoms with van der Waals surface area (Å²) in [5, 5.41) is 0. The number of hydrogen-bond donors (Lipinski definition) is 0. The molecule has 0 heterocycles. The molecule has 0 N–H and O–H groups in total. The summed E-state index contributed by atoms with van der Waals surface area (Å²) in [5.74, 6) is 0. The van der Waals surface area contributed by atoms with Gasteiger partial charge in [0.1, 0.15) is 0 Å². The molecule has 18 heavy (non-hydrogen) atoms. The topological polar surface area (TPSA) is 13.0 Å². The molecule has 0 spiro atoms. The Balaban J connectivity index is 0. The maximum Gasteiger partial charge on any atom is 0.0107 e. The summed E-state index contributed by atoms with van der Waals surface area (Å²) in [7, 11) is 12.9. The van der Waals surface area contributed by atoms with Crippen LogP contribution in [0.15, 0.2) is 0 Å². The molecule has 0 unspecified atom stereocenters. The summed E-state index contributed by atoms with van der Waals surface area (Å²) in [6.07, 6.45) is 0. The molecular weight excluding hydrogens is 224 g/mol. The first-order valence-electron chi connectivity index (χ1n) is 7.08. The number of hydrogen-bond acceptors (Lipinski definition) is 4. The van der Waals surface area contributed by atoms with Crippen LogP contribution >= 0.6 is 0 Å². The molecule has 4 nitrogen and oxygen atoms in total. The highest BCUT2D eigenvalue weighted by atomic mass is 15.2. The van der Waals surface area contributed by atoms with Crippen molar-refractivity contribution in [1.29, 1.82) is 0 Å². The second-order valence-corrected chi connectivity index (χ2v) is 5.21. The molecule has 0 atom stereocenters. The van der Waals surface area contributed by atoms with Crippen molar-refractivity contribution >= 4 is 0 Å². The van der Waals surface area contributed by atoms with Gasteiger partial charge in [0.05, 0.1) is 0 Å². The van der Waals surface area contributed by atoms with Crippen LogP contribution in [0, 0.1) is 0 Å². The highest BCUT2D eigenvalue weighted by Crippen LogP contribution is 1.88. The molecular formula is C14H36N4. The van der Waals surface area contributed by atoms with Crippen molar-refractivity contribution in [2.45, 2.75) is 13.8 Å². The van der Waals surface area contributed by atoms with E-state index in [9.17, 15) is 0 Å². The minimum atomic E-state index is 1.14. The third-order valence-electron chi connectivity index (χ3n) is 2.72. The van der Waals surface area contributed by atoms with Crippen molar-refractivity contribution in [3.63, 3.8) is 0 Å². The van der Waals surface area contributed by atoms with Crippen molar-refractivity contribution in [1.82, 2.24) is 19.6 Å². The van der Waals surface area contributed by atoms with E-state index in [4.69, 9.17) is 0 Å². The van der Waals surface area contributed by atoms with E-state index in [1.807, 2.05) is 13.8 Å². The van der Waals surface area contributed by atoms with Crippen LogP contribution in [-0.4, -0.2) is 101 Å². The van der Waals surface area contributed by atoms with Crippen LogP contribution in [0.2, 0.25) is 0 Å². The van der Waals surface area contributed by atoms with Crippen LogP contribution in [0.5, 0.6) is 0 Å². The van der Waals surface area contributed by atoms with Crippen LogP contribution < -0.4 is 0 Å². The van der Waals surface area contributed by atoms with E-state index in [1.165, 1.54) is 0 Å². The Morgan fingerprint density at radius 2 is 0.667 bits per heavy atom. The molecule has 0 rings (SSSR count). The van der Waals surface area contributed by atoms with Crippen LogP contribution in [0.4, 0.5) is 0 Å². The predicted molar refractivity (Wildman–Crippen MR) is 83.5 cm³/mol. The van der Waals surface area contributed by atoms with Gasteiger partial charge in [-0.3, -0.25) is 0 Å². The van der Waals surface area contributed by atoms with E-state index >= 15 is 0 Å². The lowest BCUT2D eigenvalue weighted by Crippen LogP contribution is -2.37. The van der Waals surface area contributed by atoms with Crippen molar-refractivity contribution in [3.05, 3.63) is 0 Å². The average Bonchev–Trinajstić information content (AvgIpc) is 2.33. The maximum absolute atomic E-state index is 2.40. The van der Waals surface area contributed by atoms with Gasteiger partial charge >= 0.3 is 0 Å². The normalized spacial score (nSPS) is 11.3. The highest BCUT2D eigenvalue weighted by Gasteiger charge is 2.02. The minimum absolute atomic E-state index is 1.14. The zero-order valence-electron chi connectivity index (χ0n) is 14.0. The van der Waals surface area contributed by atoms with E-state index in [1.54, 1.807) is 0 Å². The average molecular weight is 260 g/mol. The molecule has 0 saturated heterocycles. The maximum atomic E-state index is 2.40. The van der Waals surface area contributed by atoms with Gasteiger partial charge in [-0.1, -0.05) is 13.8 Å². The zero-order valence-corrected chi connectivity index (χ0v) is 14.0. The minimum Gasteiger partial charge on any atom is -0.308 e. The van der Waals surface area contributed by atoms with E-state index in [0.29, 0.717) is 0 Å². The Bertz CT molecular complexity index is 142. The van der Waals surface area contributed by atoms with Gasteiger partial charge in [-0.15, -0.1) is 0 Å². The summed E-state index contributed by atoms with van der Waals surface area (Å²) in [5.41, 5.74) is 0. The molecule has 0 aromatic carbocycles. The van der Waals surface area contributed by atoms with E-state index in [2.05, 4.69) is 61.9 Å². The number of likely N-dealkylation sites (N-methyl/N-ethyl adjacent to an activating group) is 4. The first kappa shape index (κ1) is 20.2. The van der Waals surface area contributed by atoms with Gasteiger partial charge in [0.25, 0.3) is 0 Å². The smallest absolute Gasteiger partial charge is 0.0107 e. The monoisotopic (exact) mass is 260 g/mol. The first-order chi connectivity index (χ1) is 8.41. The second-order valence-electron chi connectivity index (χ2n) is 5.21. The first-order valence-corrected chi connectivity index (χ1v) is 7.08. The SMILES string of the molecule is CC.CN(C)CCN(C)CCN(C)CCN(C)C. The lowest BCUT2D eigenvalue weighted by molar-refractivity contribution is 0.225. The van der Waals surface area contributed by atoms with Gasteiger partial charge in [-0.2, -0.15) is 0 Å². The van der Waals surface area contributed by atoms with Crippen molar-refractivity contribution in [2.75, 3.05) is 81.6 Å². The fraction of sp³-hybridized carbons (Fsp3) is 1.00. The third kappa shape index (κ3) is 15.8. The number of rotatable bonds is 9. The van der Waals surface area contributed by atoms with Crippen LogP contribution in [-0.2, 0) is 0 Å². The van der Waals surface area contributed by atoms with Crippen molar-refractivity contribution < 1.29 is 0 Å². The molecule has 0 radical (unpaired) electrons. The summed E-state index contributed by atoms with van der Waals surface area (Å²) in [6, 6.07) is 0. The Morgan fingerprint density at radius 1 is 0.444 bits per heavy atom. The Kier molecular flexibility index (Phi) is 14.9. The fourth-order valence-electron chi connectivity index (χ4n) is 1.31. The molecule has 0 aliphatic carbocycles. The van der Waals surface area contributed by atoms with Gasteiger partial charge in [-0.05, 0) is 42.3 Å². The molecule has 0 fully saturated rings. The standard InChI is InChI=1S/C12H30N4.C2H6/c1-13(2)7-9-15(5)11-12-16(6)10-8-14(3)4;1-2/h7-12H2,1-6H3;1-2H3. The third-order valence-corrected chi connectivity index (χ3v) is 2.72. The van der Waals surface area contributed by atoms with E-state index in [0.717, 1.165) is 39.3 Å². The largest absolute Gasteiger partial charge is 0.308 e.